The Hall–Kier alpha value is -2.60. The normalized spacial score (nSPS) is 11.7. The van der Waals surface area contributed by atoms with E-state index in [0.717, 1.165) is 17.7 Å². The summed E-state index contributed by atoms with van der Waals surface area (Å²) in [6.45, 7) is 2.65. The summed E-state index contributed by atoms with van der Waals surface area (Å²) in [6, 6.07) is 13.2. The van der Waals surface area contributed by atoms with Crippen molar-refractivity contribution in [1.82, 2.24) is 16.0 Å². The Balaban J connectivity index is 1.87. The van der Waals surface area contributed by atoms with Crippen molar-refractivity contribution >= 4 is 11.8 Å². The van der Waals surface area contributed by atoms with Crippen LogP contribution in [-0.4, -0.2) is 31.4 Å². The van der Waals surface area contributed by atoms with Crippen molar-refractivity contribution in [2.75, 3.05) is 19.6 Å². The first kappa shape index (κ1) is 17.7. The highest BCUT2D eigenvalue weighted by Crippen LogP contribution is 2.21. The van der Waals surface area contributed by atoms with Crippen LogP contribution in [0, 0.1) is 0 Å². The van der Waals surface area contributed by atoms with Crippen LogP contribution >= 0.6 is 0 Å². The lowest BCUT2D eigenvalue weighted by atomic mass is 10.0. The molecule has 6 heteroatoms. The van der Waals surface area contributed by atoms with Crippen LogP contribution in [0.15, 0.2) is 53.1 Å². The highest BCUT2D eigenvalue weighted by atomic mass is 16.3. The Kier molecular flexibility index (Phi) is 7.04. The lowest BCUT2D eigenvalue weighted by Gasteiger charge is -2.17. The number of rotatable bonds is 9. The highest BCUT2D eigenvalue weighted by Gasteiger charge is 2.17. The second-order valence-corrected chi connectivity index (χ2v) is 5.37. The minimum Gasteiger partial charge on any atom is -0.467 e. The number of carbonyl (C=O) groups excluding carboxylic acids is 2. The van der Waals surface area contributed by atoms with Crippen LogP contribution in [-0.2, 0) is 9.59 Å². The Labute approximate surface area is 141 Å². The number of hydrogen-bond donors (Lipinski definition) is 3. The molecule has 128 valence electrons. The van der Waals surface area contributed by atoms with Crippen molar-refractivity contribution in [3.63, 3.8) is 0 Å². The smallest absolute Gasteiger partial charge is 0.239 e. The molecule has 0 saturated carbocycles. The topological polar surface area (TPSA) is 83.4 Å². The maximum absolute atomic E-state index is 11.9. The number of carbonyl (C=O) groups is 2. The molecule has 2 aromatic rings. The van der Waals surface area contributed by atoms with Gasteiger partial charge in [-0.1, -0.05) is 37.3 Å². The van der Waals surface area contributed by atoms with Gasteiger partial charge in [-0.15, -0.1) is 0 Å². The molecule has 1 aromatic carbocycles. The van der Waals surface area contributed by atoms with Crippen molar-refractivity contribution in [1.29, 1.82) is 0 Å². The van der Waals surface area contributed by atoms with Crippen LogP contribution < -0.4 is 16.0 Å². The quantitative estimate of drug-likeness (QED) is 0.652. The molecule has 0 radical (unpaired) electrons. The SMILES string of the molecule is CCCNC(=O)CNC(=O)CN[C@@H](c1ccccc1)c1ccco1. The van der Waals surface area contributed by atoms with Crippen molar-refractivity contribution in [2.24, 2.45) is 0 Å². The first-order chi connectivity index (χ1) is 11.7. The van der Waals surface area contributed by atoms with E-state index in [1.165, 1.54) is 0 Å². The fraction of sp³-hybridized carbons (Fsp3) is 0.333. The summed E-state index contributed by atoms with van der Waals surface area (Å²) in [4.78, 5) is 23.4. The minimum atomic E-state index is -0.242. The molecule has 0 aliphatic rings. The van der Waals surface area contributed by atoms with Crippen LogP contribution in [0.3, 0.4) is 0 Å². The summed E-state index contributed by atoms with van der Waals surface area (Å²) in [7, 11) is 0. The Bertz CT molecular complexity index is 626. The monoisotopic (exact) mass is 329 g/mol. The zero-order chi connectivity index (χ0) is 17.2. The van der Waals surface area contributed by atoms with Crippen LogP contribution in [0.2, 0.25) is 0 Å². The minimum absolute atomic E-state index is 0.0166. The molecule has 0 bridgehead atoms. The van der Waals surface area contributed by atoms with Crippen LogP contribution in [0.25, 0.3) is 0 Å². The molecule has 0 saturated heterocycles. The fourth-order valence-electron chi connectivity index (χ4n) is 2.25. The van der Waals surface area contributed by atoms with E-state index < -0.39 is 0 Å². The Morgan fingerprint density at radius 1 is 1.00 bits per heavy atom. The first-order valence-corrected chi connectivity index (χ1v) is 8.05. The van der Waals surface area contributed by atoms with Gasteiger partial charge in [-0.3, -0.25) is 14.9 Å². The van der Waals surface area contributed by atoms with E-state index in [1.54, 1.807) is 6.26 Å². The van der Waals surface area contributed by atoms with Gasteiger partial charge in [-0.05, 0) is 24.1 Å². The zero-order valence-corrected chi connectivity index (χ0v) is 13.7. The van der Waals surface area contributed by atoms with Crippen molar-refractivity contribution in [3.8, 4) is 0 Å². The summed E-state index contributed by atoms with van der Waals surface area (Å²) in [5.74, 6) is 0.305. The average Bonchev–Trinajstić information content (AvgIpc) is 3.13. The van der Waals surface area contributed by atoms with Gasteiger partial charge in [0.2, 0.25) is 11.8 Å². The van der Waals surface area contributed by atoms with Gasteiger partial charge in [0.1, 0.15) is 5.76 Å². The summed E-state index contributed by atoms with van der Waals surface area (Å²) in [5.41, 5.74) is 1.00. The highest BCUT2D eigenvalue weighted by molar-refractivity contribution is 5.85. The van der Waals surface area contributed by atoms with Gasteiger partial charge in [0.25, 0.3) is 0 Å². The fourth-order valence-corrected chi connectivity index (χ4v) is 2.25. The second-order valence-electron chi connectivity index (χ2n) is 5.37. The third kappa shape index (κ3) is 5.55. The molecule has 6 nitrogen and oxygen atoms in total. The Morgan fingerprint density at radius 2 is 1.75 bits per heavy atom. The zero-order valence-electron chi connectivity index (χ0n) is 13.7. The molecule has 1 heterocycles. The molecule has 0 aliphatic carbocycles. The van der Waals surface area contributed by atoms with E-state index >= 15 is 0 Å². The standard InChI is InChI=1S/C18H23N3O3/c1-2-10-19-16(22)12-20-17(23)13-21-18(15-9-6-11-24-15)14-7-4-3-5-8-14/h3-9,11,18,21H,2,10,12-13H2,1H3,(H,19,22)(H,20,23)/t18-/m0/s1. The van der Waals surface area contributed by atoms with E-state index in [1.807, 2.05) is 49.4 Å². The largest absolute Gasteiger partial charge is 0.467 e. The van der Waals surface area contributed by atoms with Crippen LogP contribution in [0.5, 0.6) is 0 Å². The molecule has 0 aliphatic heterocycles. The van der Waals surface area contributed by atoms with Crippen molar-refractivity contribution in [3.05, 3.63) is 60.1 Å². The molecule has 1 atom stereocenters. The van der Waals surface area contributed by atoms with Gasteiger partial charge in [0.05, 0.1) is 25.4 Å². The molecule has 1 aromatic heterocycles. The molecule has 2 amide bonds. The van der Waals surface area contributed by atoms with E-state index in [-0.39, 0.29) is 30.9 Å². The van der Waals surface area contributed by atoms with Crippen LogP contribution in [0.1, 0.15) is 30.7 Å². The molecule has 24 heavy (non-hydrogen) atoms. The summed E-state index contributed by atoms with van der Waals surface area (Å²) < 4.78 is 5.47. The van der Waals surface area contributed by atoms with Gasteiger partial charge in [0, 0.05) is 6.54 Å². The predicted octanol–water partition coefficient (Wildman–Crippen LogP) is 1.60. The third-order valence-electron chi connectivity index (χ3n) is 3.45. The van der Waals surface area contributed by atoms with E-state index in [9.17, 15) is 9.59 Å². The number of amides is 2. The van der Waals surface area contributed by atoms with Crippen molar-refractivity contribution < 1.29 is 14.0 Å². The van der Waals surface area contributed by atoms with E-state index in [2.05, 4.69) is 16.0 Å². The molecular weight excluding hydrogens is 306 g/mol. The van der Waals surface area contributed by atoms with Gasteiger partial charge in [-0.25, -0.2) is 0 Å². The number of benzene rings is 1. The lowest BCUT2D eigenvalue weighted by Crippen LogP contribution is -2.41. The maximum Gasteiger partial charge on any atom is 0.239 e. The molecular formula is C18H23N3O3. The summed E-state index contributed by atoms with van der Waals surface area (Å²) >= 11 is 0. The third-order valence-corrected chi connectivity index (χ3v) is 3.45. The molecule has 3 N–H and O–H groups in total. The number of hydrogen-bond acceptors (Lipinski definition) is 4. The van der Waals surface area contributed by atoms with Gasteiger partial charge >= 0.3 is 0 Å². The van der Waals surface area contributed by atoms with E-state index in [4.69, 9.17) is 4.42 Å². The van der Waals surface area contributed by atoms with Crippen molar-refractivity contribution in [2.45, 2.75) is 19.4 Å². The maximum atomic E-state index is 11.9. The predicted molar refractivity (Wildman–Crippen MR) is 91.3 cm³/mol. The van der Waals surface area contributed by atoms with Crippen LogP contribution in [0.4, 0.5) is 0 Å². The van der Waals surface area contributed by atoms with Gasteiger partial charge in [0.15, 0.2) is 0 Å². The van der Waals surface area contributed by atoms with Gasteiger partial charge < -0.3 is 15.1 Å². The molecule has 0 spiro atoms. The average molecular weight is 329 g/mol. The second kappa shape index (κ2) is 9.52. The Morgan fingerprint density at radius 3 is 2.42 bits per heavy atom. The molecule has 2 rings (SSSR count). The summed E-state index contributed by atoms with van der Waals surface area (Å²) in [6.07, 6.45) is 2.47. The molecule has 0 unspecified atom stereocenters. The van der Waals surface area contributed by atoms with E-state index in [0.29, 0.717) is 6.54 Å². The number of nitrogens with one attached hydrogen (secondary N) is 3. The first-order valence-electron chi connectivity index (χ1n) is 8.05. The number of furan rings is 1. The molecule has 0 fully saturated rings. The summed E-state index contributed by atoms with van der Waals surface area (Å²) in [5, 5.41) is 8.48. The van der Waals surface area contributed by atoms with Gasteiger partial charge in [-0.2, -0.15) is 0 Å². The lowest BCUT2D eigenvalue weighted by molar-refractivity contribution is -0.125.